The van der Waals surface area contributed by atoms with E-state index in [1.54, 1.807) is 6.07 Å². The first kappa shape index (κ1) is 22.6. The lowest BCUT2D eigenvalue weighted by Gasteiger charge is -2.32. The number of likely N-dealkylation sites (tertiary alicyclic amines) is 1. The van der Waals surface area contributed by atoms with Crippen molar-refractivity contribution < 1.29 is 13.2 Å². The van der Waals surface area contributed by atoms with Crippen molar-refractivity contribution in [3.8, 4) is 0 Å². The molecular weight excluding hydrogens is 457 g/mol. The molecular formula is C22H25Cl2N3O3S. The summed E-state index contributed by atoms with van der Waals surface area (Å²) in [6.07, 6.45) is 3.32. The molecule has 1 aliphatic carbocycles. The quantitative estimate of drug-likeness (QED) is 0.629. The second-order valence-corrected chi connectivity index (χ2v) is 10.7. The molecule has 0 atom stereocenters. The molecule has 2 aromatic carbocycles. The molecule has 2 aliphatic rings. The van der Waals surface area contributed by atoms with E-state index in [9.17, 15) is 13.2 Å². The summed E-state index contributed by atoms with van der Waals surface area (Å²) in [6.45, 7) is 2.60. The van der Waals surface area contributed by atoms with Gasteiger partial charge in [0.05, 0.1) is 5.02 Å². The minimum Gasteiger partial charge on any atom is -0.349 e. The smallest absolute Gasteiger partial charge is 0.251 e. The van der Waals surface area contributed by atoms with E-state index in [0.29, 0.717) is 5.56 Å². The van der Waals surface area contributed by atoms with Gasteiger partial charge in [0.15, 0.2) is 0 Å². The highest BCUT2D eigenvalue weighted by Gasteiger charge is 2.30. The summed E-state index contributed by atoms with van der Waals surface area (Å²) in [5.74, 6) is -0.282. The zero-order valence-electron chi connectivity index (χ0n) is 17.0. The van der Waals surface area contributed by atoms with Crippen LogP contribution in [0.3, 0.4) is 0 Å². The van der Waals surface area contributed by atoms with Crippen molar-refractivity contribution >= 4 is 39.1 Å². The van der Waals surface area contributed by atoms with Crippen LogP contribution in [-0.4, -0.2) is 44.4 Å². The van der Waals surface area contributed by atoms with Crippen LogP contribution in [0.2, 0.25) is 10.0 Å². The summed E-state index contributed by atoms with van der Waals surface area (Å²) in [5, 5.41) is 3.88. The standard InChI is InChI=1S/C22H25Cl2N3O3S/c23-17-4-1-15(2-5-17)14-27-11-9-18(10-12-27)25-22(28)16-3-8-20(24)21(13-16)31(29,30)26-19-6-7-19/h1-5,8,13,18-19,26H,6-7,9-12,14H2,(H,25,28). The summed E-state index contributed by atoms with van der Waals surface area (Å²) < 4.78 is 27.7. The molecule has 2 N–H and O–H groups in total. The molecule has 0 unspecified atom stereocenters. The molecule has 1 amide bonds. The van der Waals surface area contributed by atoms with Crippen LogP contribution in [0.25, 0.3) is 0 Å². The summed E-state index contributed by atoms with van der Waals surface area (Å²) in [5.41, 5.74) is 1.51. The highest BCUT2D eigenvalue weighted by atomic mass is 35.5. The van der Waals surface area contributed by atoms with E-state index in [1.165, 1.54) is 17.7 Å². The third kappa shape index (κ3) is 5.99. The van der Waals surface area contributed by atoms with Gasteiger partial charge in [0, 0.05) is 42.3 Å². The molecule has 2 aromatic rings. The monoisotopic (exact) mass is 481 g/mol. The lowest BCUT2D eigenvalue weighted by Crippen LogP contribution is -2.44. The van der Waals surface area contributed by atoms with Crippen molar-refractivity contribution in [3.63, 3.8) is 0 Å². The predicted molar refractivity (Wildman–Crippen MR) is 122 cm³/mol. The number of carbonyl (C=O) groups excluding carboxylic acids is 1. The van der Waals surface area contributed by atoms with Gasteiger partial charge in [-0.1, -0.05) is 35.3 Å². The Balaban J connectivity index is 1.33. The number of hydrogen-bond acceptors (Lipinski definition) is 4. The molecule has 0 bridgehead atoms. The van der Waals surface area contributed by atoms with E-state index >= 15 is 0 Å². The fraction of sp³-hybridized carbons (Fsp3) is 0.409. The van der Waals surface area contributed by atoms with Crippen LogP contribution in [-0.2, 0) is 16.6 Å². The molecule has 6 nitrogen and oxygen atoms in total. The fourth-order valence-electron chi connectivity index (χ4n) is 3.69. The maximum atomic E-state index is 12.7. The molecule has 0 aromatic heterocycles. The first-order valence-corrected chi connectivity index (χ1v) is 12.6. The van der Waals surface area contributed by atoms with Crippen LogP contribution in [0.15, 0.2) is 47.4 Å². The van der Waals surface area contributed by atoms with E-state index in [-0.39, 0.29) is 27.9 Å². The first-order valence-electron chi connectivity index (χ1n) is 10.4. The van der Waals surface area contributed by atoms with Crippen molar-refractivity contribution in [2.75, 3.05) is 13.1 Å². The number of amides is 1. The Labute approximate surface area is 193 Å². The largest absolute Gasteiger partial charge is 0.349 e. The molecule has 1 saturated carbocycles. The number of carbonyl (C=O) groups is 1. The van der Waals surface area contributed by atoms with Crippen LogP contribution < -0.4 is 10.0 Å². The lowest BCUT2D eigenvalue weighted by molar-refractivity contribution is 0.0908. The molecule has 1 saturated heterocycles. The Bertz CT molecular complexity index is 1050. The molecule has 31 heavy (non-hydrogen) atoms. The van der Waals surface area contributed by atoms with Crippen molar-refractivity contribution in [1.29, 1.82) is 0 Å². The summed E-state index contributed by atoms with van der Waals surface area (Å²) in [6, 6.07) is 12.2. The van der Waals surface area contributed by atoms with Crippen LogP contribution in [0.4, 0.5) is 0 Å². The molecule has 1 heterocycles. The van der Waals surface area contributed by atoms with Gasteiger partial charge in [-0.15, -0.1) is 0 Å². The number of nitrogens with one attached hydrogen (secondary N) is 2. The minimum atomic E-state index is -3.73. The second-order valence-electron chi connectivity index (χ2n) is 8.19. The Morgan fingerprint density at radius 2 is 1.65 bits per heavy atom. The normalized spacial score (nSPS) is 18.1. The zero-order chi connectivity index (χ0) is 22.0. The van der Waals surface area contributed by atoms with Crippen LogP contribution >= 0.6 is 23.2 Å². The van der Waals surface area contributed by atoms with Crippen LogP contribution in [0.1, 0.15) is 41.6 Å². The molecule has 4 rings (SSSR count). The van der Waals surface area contributed by atoms with Gasteiger partial charge in [-0.05, 0) is 61.6 Å². The van der Waals surface area contributed by atoms with Gasteiger partial charge in [0.2, 0.25) is 10.0 Å². The lowest BCUT2D eigenvalue weighted by atomic mass is 10.0. The molecule has 0 radical (unpaired) electrons. The van der Waals surface area contributed by atoms with Crippen LogP contribution in [0, 0.1) is 0 Å². The number of hydrogen-bond donors (Lipinski definition) is 2. The maximum absolute atomic E-state index is 12.7. The number of piperidine rings is 1. The SMILES string of the molecule is O=C(NC1CCN(Cc2ccc(Cl)cc2)CC1)c1ccc(Cl)c(S(=O)(=O)NC2CC2)c1. The van der Waals surface area contributed by atoms with Gasteiger partial charge in [0.1, 0.15) is 4.90 Å². The van der Waals surface area contributed by atoms with Crippen molar-refractivity contribution in [2.24, 2.45) is 0 Å². The summed E-state index contributed by atoms with van der Waals surface area (Å²) in [4.78, 5) is 15.0. The Hall–Kier alpha value is -1.64. The predicted octanol–water partition coefficient (Wildman–Crippen LogP) is 3.83. The van der Waals surface area contributed by atoms with Gasteiger partial charge >= 0.3 is 0 Å². The Kier molecular flexibility index (Phi) is 6.89. The van der Waals surface area contributed by atoms with E-state index in [2.05, 4.69) is 14.9 Å². The molecule has 9 heteroatoms. The maximum Gasteiger partial charge on any atom is 0.251 e. The molecule has 166 valence electrons. The number of benzene rings is 2. The third-order valence-electron chi connectivity index (χ3n) is 5.62. The zero-order valence-corrected chi connectivity index (χ0v) is 19.3. The topological polar surface area (TPSA) is 78.5 Å². The molecule has 2 fully saturated rings. The van der Waals surface area contributed by atoms with E-state index in [1.807, 2.05) is 24.3 Å². The number of halogens is 2. The van der Waals surface area contributed by atoms with E-state index < -0.39 is 10.0 Å². The fourth-order valence-corrected chi connectivity index (χ4v) is 5.64. The summed E-state index contributed by atoms with van der Waals surface area (Å²) >= 11 is 12.1. The molecule has 0 spiro atoms. The van der Waals surface area contributed by atoms with Crippen molar-refractivity contribution in [1.82, 2.24) is 14.9 Å². The van der Waals surface area contributed by atoms with E-state index in [4.69, 9.17) is 23.2 Å². The molecule has 1 aliphatic heterocycles. The Morgan fingerprint density at radius 3 is 2.29 bits per heavy atom. The minimum absolute atomic E-state index is 0.0309. The van der Waals surface area contributed by atoms with Gasteiger partial charge in [0.25, 0.3) is 5.91 Å². The number of rotatable bonds is 7. The van der Waals surface area contributed by atoms with Crippen molar-refractivity contribution in [2.45, 2.75) is 49.2 Å². The van der Waals surface area contributed by atoms with Gasteiger partial charge in [-0.3, -0.25) is 9.69 Å². The van der Waals surface area contributed by atoms with Crippen LogP contribution in [0.5, 0.6) is 0 Å². The first-order chi connectivity index (χ1) is 14.8. The summed E-state index contributed by atoms with van der Waals surface area (Å²) in [7, 11) is -3.73. The van der Waals surface area contributed by atoms with E-state index in [0.717, 1.165) is 50.3 Å². The van der Waals surface area contributed by atoms with Gasteiger partial charge < -0.3 is 5.32 Å². The van der Waals surface area contributed by atoms with Crippen molar-refractivity contribution in [3.05, 3.63) is 63.6 Å². The number of sulfonamides is 1. The average Bonchev–Trinajstić information content (AvgIpc) is 3.54. The average molecular weight is 482 g/mol. The highest BCUT2D eigenvalue weighted by Crippen LogP contribution is 2.27. The Morgan fingerprint density at radius 1 is 0.968 bits per heavy atom. The highest BCUT2D eigenvalue weighted by molar-refractivity contribution is 7.89. The second kappa shape index (κ2) is 9.46. The third-order valence-corrected chi connectivity index (χ3v) is 7.88. The number of nitrogens with zero attached hydrogens (tertiary/aromatic N) is 1. The van der Waals surface area contributed by atoms with Gasteiger partial charge in [-0.2, -0.15) is 0 Å². The van der Waals surface area contributed by atoms with Gasteiger partial charge in [-0.25, -0.2) is 13.1 Å².